The van der Waals surface area contributed by atoms with Gasteiger partial charge in [0.15, 0.2) is 5.89 Å². The molecule has 0 aliphatic carbocycles. The molecular weight excluding hydrogens is 202 g/mol. The van der Waals surface area contributed by atoms with E-state index in [2.05, 4.69) is 16.9 Å². The highest BCUT2D eigenvalue weighted by Crippen LogP contribution is 2.19. The molecule has 1 unspecified atom stereocenters. The average Bonchev–Trinajstić information content (AvgIpc) is 2.87. The fraction of sp³-hybridized carbons (Fsp3) is 0.750. The summed E-state index contributed by atoms with van der Waals surface area (Å²) in [5.74, 6) is 0.880. The number of aromatic nitrogens is 1. The van der Waals surface area contributed by atoms with Gasteiger partial charge in [0.1, 0.15) is 6.26 Å². The molecule has 16 heavy (non-hydrogen) atoms. The second kappa shape index (κ2) is 5.46. The van der Waals surface area contributed by atoms with Crippen molar-refractivity contribution in [2.24, 2.45) is 5.73 Å². The van der Waals surface area contributed by atoms with Gasteiger partial charge in [-0.15, -0.1) is 0 Å². The van der Waals surface area contributed by atoms with Crippen LogP contribution in [0.15, 0.2) is 10.7 Å². The first-order valence-electron chi connectivity index (χ1n) is 6.13. The van der Waals surface area contributed by atoms with Gasteiger partial charge in [0.25, 0.3) is 0 Å². The van der Waals surface area contributed by atoms with E-state index in [-0.39, 0.29) is 0 Å². The molecule has 0 bridgehead atoms. The molecule has 4 nitrogen and oxygen atoms in total. The van der Waals surface area contributed by atoms with Crippen molar-refractivity contribution in [1.29, 1.82) is 0 Å². The number of hydrogen-bond donors (Lipinski definition) is 1. The van der Waals surface area contributed by atoms with Crippen molar-refractivity contribution in [3.05, 3.63) is 17.8 Å². The summed E-state index contributed by atoms with van der Waals surface area (Å²) in [5, 5.41) is 0. The largest absolute Gasteiger partial charge is 0.449 e. The Morgan fingerprint density at radius 2 is 2.50 bits per heavy atom. The standard InChI is InChI=1S/C12H21N3O/c1-15-7-3-5-11(15)8-12-14-10(9-16-12)4-2-6-13/h9,11H,2-8,13H2,1H3. The van der Waals surface area contributed by atoms with Crippen molar-refractivity contribution >= 4 is 0 Å². The average molecular weight is 223 g/mol. The van der Waals surface area contributed by atoms with Gasteiger partial charge in [-0.05, 0) is 45.8 Å². The first-order valence-corrected chi connectivity index (χ1v) is 6.13. The molecule has 1 aromatic heterocycles. The molecule has 0 amide bonds. The maximum Gasteiger partial charge on any atom is 0.195 e. The van der Waals surface area contributed by atoms with Crippen LogP contribution in [-0.2, 0) is 12.8 Å². The fourth-order valence-corrected chi connectivity index (χ4v) is 2.28. The van der Waals surface area contributed by atoms with Crippen LogP contribution >= 0.6 is 0 Å². The van der Waals surface area contributed by atoms with Gasteiger partial charge in [-0.1, -0.05) is 0 Å². The zero-order valence-corrected chi connectivity index (χ0v) is 9.98. The minimum atomic E-state index is 0.612. The number of rotatable bonds is 5. The van der Waals surface area contributed by atoms with Crippen molar-refractivity contribution in [2.75, 3.05) is 20.1 Å². The van der Waals surface area contributed by atoms with E-state index in [0.717, 1.165) is 30.8 Å². The minimum absolute atomic E-state index is 0.612. The Balaban J connectivity index is 1.87. The Labute approximate surface area is 96.8 Å². The molecule has 0 radical (unpaired) electrons. The van der Waals surface area contributed by atoms with Crippen LogP contribution in [0.2, 0.25) is 0 Å². The molecule has 4 heteroatoms. The molecular formula is C12H21N3O. The Kier molecular flexibility index (Phi) is 3.96. The van der Waals surface area contributed by atoms with Gasteiger partial charge in [-0.2, -0.15) is 0 Å². The fourth-order valence-electron chi connectivity index (χ4n) is 2.28. The number of hydrogen-bond acceptors (Lipinski definition) is 4. The van der Waals surface area contributed by atoms with Crippen molar-refractivity contribution < 1.29 is 4.42 Å². The van der Waals surface area contributed by atoms with Crippen LogP contribution in [0.4, 0.5) is 0 Å². The minimum Gasteiger partial charge on any atom is -0.449 e. The van der Waals surface area contributed by atoms with Crippen molar-refractivity contribution in [1.82, 2.24) is 9.88 Å². The Morgan fingerprint density at radius 3 is 3.19 bits per heavy atom. The summed E-state index contributed by atoms with van der Waals surface area (Å²) in [4.78, 5) is 6.89. The molecule has 1 aliphatic rings. The van der Waals surface area contributed by atoms with Crippen molar-refractivity contribution in [3.8, 4) is 0 Å². The summed E-state index contributed by atoms with van der Waals surface area (Å²) in [5.41, 5.74) is 6.51. The monoisotopic (exact) mass is 223 g/mol. The molecule has 1 atom stereocenters. The number of nitrogens with two attached hydrogens (primary N) is 1. The Morgan fingerprint density at radius 1 is 1.62 bits per heavy atom. The summed E-state index contributed by atoms with van der Waals surface area (Å²) in [7, 11) is 2.18. The normalized spacial score (nSPS) is 21.8. The second-order valence-electron chi connectivity index (χ2n) is 4.61. The summed E-state index contributed by atoms with van der Waals surface area (Å²) in [6.45, 7) is 1.92. The maximum atomic E-state index is 5.49. The van der Waals surface area contributed by atoms with E-state index >= 15 is 0 Å². The predicted molar refractivity (Wildman–Crippen MR) is 63.2 cm³/mol. The smallest absolute Gasteiger partial charge is 0.195 e. The predicted octanol–water partition coefficient (Wildman–Crippen LogP) is 1.20. The lowest BCUT2D eigenvalue weighted by Crippen LogP contribution is -2.26. The van der Waals surface area contributed by atoms with Crippen LogP contribution in [0.1, 0.15) is 30.8 Å². The molecule has 1 fully saturated rings. The summed E-state index contributed by atoms with van der Waals surface area (Å²) >= 11 is 0. The van der Waals surface area contributed by atoms with Crippen LogP contribution in [0.5, 0.6) is 0 Å². The lowest BCUT2D eigenvalue weighted by Gasteiger charge is -2.17. The second-order valence-corrected chi connectivity index (χ2v) is 4.61. The summed E-state index contributed by atoms with van der Waals surface area (Å²) in [6, 6.07) is 0.612. The molecule has 2 heterocycles. The number of likely N-dealkylation sites (N-methyl/N-ethyl adjacent to an activating group) is 1. The third kappa shape index (κ3) is 2.83. The lowest BCUT2D eigenvalue weighted by molar-refractivity contribution is 0.292. The first kappa shape index (κ1) is 11.6. The molecule has 0 aromatic carbocycles. The highest BCUT2D eigenvalue weighted by Gasteiger charge is 2.22. The third-order valence-electron chi connectivity index (χ3n) is 3.32. The van der Waals surface area contributed by atoms with Crippen molar-refractivity contribution in [2.45, 2.75) is 38.1 Å². The molecule has 1 aromatic rings. The van der Waals surface area contributed by atoms with Crippen molar-refractivity contribution in [3.63, 3.8) is 0 Å². The number of likely N-dealkylation sites (tertiary alicyclic amines) is 1. The van der Waals surface area contributed by atoms with Gasteiger partial charge >= 0.3 is 0 Å². The SMILES string of the molecule is CN1CCCC1Cc1nc(CCCN)co1. The van der Waals surface area contributed by atoms with Crippen LogP contribution < -0.4 is 5.73 Å². The van der Waals surface area contributed by atoms with E-state index in [1.165, 1.54) is 19.4 Å². The lowest BCUT2D eigenvalue weighted by atomic mass is 10.1. The number of oxazole rings is 1. The third-order valence-corrected chi connectivity index (χ3v) is 3.32. The van der Waals surface area contributed by atoms with Gasteiger partial charge < -0.3 is 15.1 Å². The molecule has 90 valence electrons. The van der Waals surface area contributed by atoms with Gasteiger partial charge in [0, 0.05) is 12.5 Å². The Hall–Kier alpha value is -0.870. The summed E-state index contributed by atoms with van der Waals surface area (Å²) < 4.78 is 5.49. The topological polar surface area (TPSA) is 55.3 Å². The van der Waals surface area contributed by atoms with Gasteiger partial charge in [0.05, 0.1) is 5.69 Å². The van der Waals surface area contributed by atoms with Gasteiger partial charge in [-0.25, -0.2) is 4.98 Å². The zero-order chi connectivity index (χ0) is 11.4. The maximum absolute atomic E-state index is 5.49. The molecule has 0 spiro atoms. The quantitative estimate of drug-likeness (QED) is 0.815. The molecule has 2 rings (SSSR count). The van der Waals surface area contributed by atoms with E-state index in [9.17, 15) is 0 Å². The molecule has 1 saturated heterocycles. The number of nitrogens with zero attached hydrogens (tertiary/aromatic N) is 2. The number of aryl methyl sites for hydroxylation is 1. The van der Waals surface area contributed by atoms with E-state index in [4.69, 9.17) is 10.2 Å². The first-order chi connectivity index (χ1) is 7.79. The molecule has 1 aliphatic heterocycles. The summed E-state index contributed by atoms with van der Waals surface area (Å²) in [6.07, 6.45) is 7.19. The molecule has 0 saturated carbocycles. The zero-order valence-electron chi connectivity index (χ0n) is 9.98. The Bertz CT molecular complexity index is 324. The van der Waals surface area contributed by atoms with E-state index in [1.54, 1.807) is 6.26 Å². The van der Waals surface area contributed by atoms with Crippen LogP contribution in [0, 0.1) is 0 Å². The molecule has 2 N–H and O–H groups in total. The highest BCUT2D eigenvalue weighted by molar-refractivity contribution is 4.99. The van der Waals surface area contributed by atoms with Crippen LogP contribution in [0.3, 0.4) is 0 Å². The highest BCUT2D eigenvalue weighted by atomic mass is 16.3. The van der Waals surface area contributed by atoms with E-state index in [0.29, 0.717) is 12.6 Å². The van der Waals surface area contributed by atoms with Crippen LogP contribution in [0.25, 0.3) is 0 Å². The van der Waals surface area contributed by atoms with Crippen LogP contribution in [-0.4, -0.2) is 36.1 Å². The van der Waals surface area contributed by atoms with Gasteiger partial charge in [0.2, 0.25) is 0 Å². The van der Waals surface area contributed by atoms with Gasteiger partial charge in [-0.3, -0.25) is 0 Å². The van der Waals surface area contributed by atoms with E-state index < -0.39 is 0 Å². The van der Waals surface area contributed by atoms with E-state index in [1.807, 2.05) is 0 Å².